The molecule has 5 nitrogen and oxygen atoms in total. The lowest BCUT2D eigenvalue weighted by Crippen LogP contribution is -2.06. The van der Waals surface area contributed by atoms with Crippen LogP contribution in [-0.2, 0) is 17.6 Å². The van der Waals surface area contributed by atoms with Gasteiger partial charge in [0.2, 0.25) is 5.89 Å². The molecule has 2 aromatic rings. The van der Waals surface area contributed by atoms with Crippen molar-refractivity contribution in [3.05, 3.63) is 41.8 Å². The van der Waals surface area contributed by atoms with Crippen LogP contribution in [0.15, 0.2) is 29.0 Å². The number of carbonyl (C=O) groups is 1. The van der Waals surface area contributed by atoms with Gasteiger partial charge in [0.15, 0.2) is 5.82 Å². The largest absolute Gasteiger partial charge is 0.339 e. The van der Waals surface area contributed by atoms with Crippen molar-refractivity contribution in [2.45, 2.75) is 33.1 Å². The zero-order chi connectivity index (χ0) is 13.7. The van der Waals surface area contributed by atoms with Gasteiger partial charge >= 0.3 is 0 Å². The van der Waals surface area contributed by atoms with E-state index in [2.05, 4.69) is 15.1 Å². The minimum atomic E-state index is 0.133. The van der Waals surface area contributed by atoms with Crippen LogP contribution in [0.25, 0.3) is 0 Å². The first-order chi connectivity index (χ1) is 9.13. The third-order valence-electron chi connectivity index (χ3n) is 2.61. The first-order valence-electron chi connectivity index (χ1n) is 6.35. The van der Waals surface area contributed by atoms with Gasteiger partial charge in [-0.1, -0.05) is 19.0 Å². The van der Waals surface area contributed by atoms with Gasteiger partial charge < -0.3 is 4.52 Å². The van der Waals surface area contributed by atoms with Gasteiger partial charge in [-0.15, -0.1) is 0 Å². The Hall–Kier alpha value is -2.04. The fraction of sp³-hybridized carbons (Fsp3) is 0.429. The first-order valence-corrected chi connectivity index (χ1v) is 6.35. The second-order valence-electron chi connectivity index (χ2n) is 4.95. The van der Waals surface area contributed by atoms with E-state index in [0.29, 0.717) is 30.5 Å². The topological polar surface area (TPSA) is 68.9 Å². The molecule has 100 valence electrons. The standard InChI is InChI=1S/C14H17N3O2/c1-10(2)7-12(18)9-14-16-13(17-19-14)8-11-3-5-15-6-4-11/h3-6,10H,7-9H2,1-2H3. The van der Waals surface area contributed by atoms with Crippen molar-refractivity contribution in [2.24, 2.45) is 5.92 Å². The van der Waals surface area contributed by atoms with E-state index in [-0.39, 0.29) is 12.2 Å². The summed E-state index contributed by atoms with van der Waals surface area (Å²) in [6.45, 7) is 4.03. The number of nitrogens with zero attached hydrogens (tertiary/aromatic N) is 3. The average molecular weight is 259 g/mol. The Balaban J connectivity index is 1.94. The third kappa shape index (κ3) is 4.28. The highest BCUT2D eigenvalue weighted by Gasteiger charge is 2.12. The highest BCUT2D eigenvalue weighted by molar-refractivity contribution is 5.80. The van der Waals surface area contributed by atoms with Crippen molar-refractivity contribution in [3.8, 4) is 0 Å². The number of Topliss-reactive ketones (excluding diaryl/α,β-unsaturated/α-hetero) is 1. The molecule has 0 amide bonds. The molecule has 0 radical (unpaired) electrons. The van der Waals surface area contributed by atoms with E-state index in [1.54, 1.807) is 12.4 Å². The smallest absolute Gasteiger partial charge is 0.234 e. The summed E-state index contributed by atoms with van der Waals surface area (Å²) in [4.78, 5) is 19.8. The van der Waals surface area contributed by atoms with E-state index < -0.39 is 0 Å². The summed E-state index contributed by atoms with van der Waals surface area (Å²) in [7, 11) is 0. The summed E-state index contributed by atoms with van der Waals surface area (Å²) in [6, 6.07) is 3.81. The number of hydrogen-bond donors (Lipinski definition) is 0. The highest BCUT2D eigenvalue weighted by Crippen LogP contribution is 2.08. The van der Waals surface area contributed by atoms with Gasteiger partial charge in [-0.2, -0.15) is 4.98 Å². The lowest BCUT2D eigenvalue weighted by Gasteiger charge is -2.00. The maximum absolute atomic E-state index is 11.7. The molecule has 0 saturated heterocycles. The van der Waals surface area contributed by atoms with Crippen LogP contribution in [0.2, 0.25) is 0 Å². The van der Waals surface area contributed by atoms with Crippen molar-refractivity contribution in [1.29, 1.82) is 0 Å². The van der Waals surface area contributed by atoms with Gasteiger partial charge in [0.05, 0.1) is 6.42 Å². The van der Waals surface area contributed by atoms with Gasteiger partial charge in [-0.25, -0.2) is 0 Å². The van der Waals surface area contributed by atoms with E-state index in [4.69, 9.17) is 4.52 Å². The Kier molecular flexibility index (Phi) is 4.39. The van der Waals surface area contributed by atoms with Crippen LogP contribution in [0.5, 0.6) is 0 Å². The molecule has 19 heavy (non-hydrogen) atoms. The Morgan fingerprint density at radius 3 is 2.74 bits per heavy atom. The summed E-state index contributed by atoms with van der Waals surface area (Å²) in [5, 5.41) is 3.88. The first kappa shape index (κ1) is 13.4. The highest BCUT2D eigenvalue weighted by atomic mass is 16.5. The molecule has 0 unspecified atom stereocenters. The predicted molar refractivity (Wildman–Crippen MR) is 69.5 cm³/mol. The Labute approximate surface area is 112 Å². The van der Waals surface area contributed by atoms with Crippen molar-refractivity contribution >= 4 is 5.78 Å². The summed E-state index contributed by atoms with van der Waals surface area (Å²) in [6.07, 6.45) is 4.80. The quantitative estimate of drug-likeness (QED) is 0.795. The van der Waals surface area contributed by atoms with Crippen LogP contribution >= 0.6 is 0 Å². The van der Waals surface area contributed by atoms with Gasteiger partial charge in [-0.05, 0) is 23.6 Å². The maximum atomic E-state index is 11.7. The molecule has 2 rings (SSSR count). The van der Waals surface area contributed by atoms with Crippen molar-refractivity contribution in [1.82, 2.24) is 15.1 Å². The number of aromatic nitrogens is 3. The molecule has 0 aliphatic heterocycles. The molecular weight excluding hydrogens is 242 g/mol. The van der Waals surface area contributed by atoms with Crippen molar-refractivity contribution in [3.63, 3.8) is 0 Å². The summed E-state index contributed by atoms with van der Waals surface area (Å²) >= 11 is 0. The minimum absolute atomic E-state index is 0.133. The van der Waals surface area contributed by atoms with Gasteiger partial charge in [0.1, 0.15) is 5.78 Å². The van der Waals surface area contributed by atoms with Crippen LogP contribution in [0, 0.1) is 5.92 Å². The van der Waals surface area contributed by atoms with Crippen LogP contribution in [-0.4, -0.2) is 20.9 Å². The Morgan fingerprint density at radius 1 is 1.32 bits per heavy atom. The summed E-state index contributed by atoms with van der Waals surface area (Å²) in [5.74, 6) is 1.48. The molecule has 0 saturated carbocycles. The monoisotopic (exact) mass is 259 g/mol. The van der Waals surface area contributed by atoms with Crippen LogP contribution in [0.4, 0.5) is 0 Å². The zero-order valence-electron chi connectivity index (χ0n) is 11.2. The van der Waals surface area contributed by atoms with Crippen LogP contribution in [0.1, 0.15) is 37.5 Å². The van der Waals surface area contributed by atoms with Crippen molar-refractivity contribution in [2.75, 3.05) is 0 Å². The molecular formula is C14H17N3O2. The maximum Gasteiger partial charge on any atom is 0.234 e. The van der Waals surface area contributed by atoms with Crippen LogP contribution in [0.3, 0.4) is 0 Å². The molecule has 0 atom stereocenters. The second kappa shape index (κ2) is 6.22. The number of rotatable bonds is 6. The number of carbonyl (C=O) groups excluding carboxylic acids is 1. The minimum Gasteiger partial charge on any atom is -0.339 e. The van der Waals surface area contributed by atoms with E-state index >= 15 is 0 Å². The molecule has 0 fully saturated rings. The SMILES string of the molecule is CC(C)CC(=O)Cc1nc(Cc2ccncc2)no1. The van der Waals surface area contributed by atoms with Crippen molar-refractivity contribution < 1.29 is 9.32 Å². The Morgan fingerprint density at radius 2 is 2.05 bits per heavy atom. The number of hydrogen-bond acceptors (Lipinski definition) is 5. The summed E-state index contributed by atoms with van der Waals surface area (Å²) in [5.41, 5.74) is 1.07. The van der Waals surface area contributed by atoms with E-state index in [1.165, 1.54) is 0 Å². The normalized spacial score (nSPS) is 10.9. The molecule has 2 aromatic heterocycles. The second-order valence-corrected chi connectivity index (χ2v) is 4.95. The lowest BCUT2D eigenvalue weighted by atomic mass is 10.1. The molecule has 0 N–H and O–H groups in total. The van der Waals surface area contributed by atoms with Gasteiger partial charge in [-0.3, -0.25) is 9.78 Å². The molecule has 0 bridgehead atoms. The predicted octanol–water partition coefficient (Wildman–Crippen LogP) is 2.21. The van der Waals surface area contributed by atoms with Crippen LogP contribution < -0.4 is 0 Å². The number of pyridine rings is 1. The summed E-state index contributed by atoms with van der Waals surface area (Å²) < 4.78 is 5.09. The molecule has 2 heterocycles. The molecule has 0 spiro atoms. The van der Waals surface area contributed by atoms with E-state index in [0.717, 1.165) is 5.56 Å². The zero-order valence-corrected chi connectivity index (χ0v) is 11.2. The molecule has 5 heteroatoms. The third-order valence-corrected chi connectivity index (χ3v) is 2.61. The van der Waals surface area contributed by atoms with E-state index in [9.17, 15) is 4.79 Å². The fourth-order valence-electron chi connectivity index (χ4n) is 1.81. The number of ketones is 1. The molecule has 0 aromatic carbocycles. The molecule has 0 aliphatic rings. The average Bonchev–Trinajstić information content (AvgIpc) is 2.76. The van der Waals surface area contributed by atoms with Gasteiger partial charge in [0, 0.05) is 25.2 Å². The Bertz CT molecular complexity index is 535. The van der Waals surface area contributed by atoms with Gasteiger partial charge in [0.25, 0.3) is 0 Å². The lowest BCUT2D eigenvalue weighted by molar-refractivity contribution is -0.119. The van der Waals surface area contributed by atoms with E-state index in [1.807, 2.05) is 26.0 Å². The molecule has 0 aliphatic carbocycles. The fourth-order valence-corrected chi connectivity index (χ4v) is 1.81.